The van der Waals surface area contributed by atoms with Crippen molar-refractivity contribution in [3.05, 3.63) is 59.5 Å². The van der Waals surface area contributed by atoms with Gasteiger partial charge in [0.05, 0.1) is 13.5 Å². The minimum absolute atomic E-state index is 0.0525. The van der Waals surface area contributed by atoms with Crippen molar-refractivity contribution in [3.63, 3.8) is 0 Å². The molecule has 1 N–H and O–H groups in total. The number of benzene rings is 2. The molecule has 1 heterocycles. The standard InChI is InChI=1S/C18H18N2O3/c1-12-20-15-8-7-13(9-17(15)23-12)11-19-18(21)10-14-5-3-4-6-16(14)22-2/h3-9H,10-11H2,1-2H3,(H,19,21). The van der Waals surface area contributed by atoms with Gasteiger partial charge in [0.25, 0.3) is 0 Å². The summed E-state index contributed by atoms with van der Waals surface area (Å²) in [5, 5.41) is 2.91. The topological polar surface area (TPSA) is 64.4 Å². The Hall–Kier alpha value is -2.82. The highest BCUT2D eigenvalue weighted by molar-refractivity contribution is 5.79. The van der Waals surface area contributed by atoms with E-state index in [0.717, 1.165) is 28.0 Å². The van der Waals surface area contributed by atoms with Gasteiger partial charge in [-0.1, -0.05) is 24.3 Å². The molecule has 3 aromatic rings. The van der Waals surface area contributed by atoms with Crippen molar-refractivity contribution < 1.29 is 13.9 Å². The van der Waals surface area contributed by atoms with E-state index >= 15 is 0 Å². The van der Waals surface area contributed by atoms with Crippen LogP contribution in [-0.4, -0.2) is 18.0 Å². The molecule has 0 fully saturated rings. The number of fused-ring (bicyclic) bond motifs is 1. The van der Waals surface area contributed by atoms with E-state index in [1.807, 2.05) is 49.4 Å². The number of ether oxygens (including phenoxy) is 1. The quantitative estimate of drug-likeness (QED) is 0.787. The summed E-state index contributed by atoms with van der Waals surface area (Å²) in [5.41, 5.74) is 3.40. The van der Waals surface area contributed by atoms with E-state index in [9.17, 15) is 4.79 Å². The fourth-order valence-corrected chi connectivity index (χ4v) is 2.48. The Bertz CT molecular complexity index is 839. The molecular weight excluding hydrogens is 292 g/mol. The average Bonchev–Trinajstić information content (AvgIpc) is 2.92. The lowest BCUT2D eigenvalue weighted by Crippen LogP contribution is -2.24. The lowest BCUT2D eigenvalue weighted by molar-refractivity contribution is -0.120. The molecule has 0 aliphatic rings. The maximum absolute atomic E-state index is 12.1. The van der Waals surface area contributed by atoms with E-state index in [-0.39, 0.29) is 12.3 Å². The van der Waals surface area contributed by atoms with Crippen LogP contribution in [-0.2, 0) is 17.8 Å². The lowest BCUT2D eigenvalue weighted by atomic mass is 10.1. The number of aryl methyl sites for hydroxylation is 1. The predicted octanol–water partition coefficient (Wildman–Crippen LogP) is 3.00. The van der Waals surface area contributed by atoms with Gasteiger partial charge in [0.15, 0.2) is 11.5 Å². The fourth-order valence-electron chi connectivity index (χ4n) is 2.48. The van der Waals surface area contributed by atoms with Gasteiger partial charge in [-0.05, 0) is 23.8 Å². The number of rotatable bonds is 5. The van der Waals surface area contributed by atoms with Gasteiger partial charge >= 0.3 is 0 Å². The van der Waals surface area contributed by atoms with Gasteiger partial charge in [-0.3, -0.25) is 4.79 Å². The molecule has 0 bridgehead atoms. The second kappa shape index (κ2) is 6.52. The van der Waals surface area contributed by atoms with Crippen LogP contribution < -0.4 is 10.1 Å². The van der Waals surface area contributed by atoms with Crippen molar-refractivity contribution >= 4 is 17.0 Å². The number of aromatic nitrogens is 1. The highest BCUT2D eigenvalue weighted by atomic mass is 16.5. The predicted molar refractivity (Wildman–Crippen MR) is 87.3 cm³/mol. The number of hydrogen-bond acceptors (Lipinski definition) is 4. The molecule has 5 nitrogen and oxygen atoms in total. The third-order valence-corrected chi connectivity index (χ3v) is 3.59. The molecule has 0 radical (unpaired) electrons. The fraction of sp³-hybridized carbons (Fsp3) is 0.222. The molecule has 3 rings (SSSR count). The van der Waals surface area contributed by atoms with Crippen LogP contribution in [0, 0.1) is 6.92 Å². The molecule has 2 aromatic carbocycles. The highest BCUT2D eigenvalue weighted by Crippen LogP contribution is 2.18. The Morgan fingerprint density at radius 1 is 1.26 bits per heavy atom. The molecule has 1 aromatic heterocycles. The number of methoxy groups -OCH3 is 1. The smallest absolute Gasteiger partial charge is 0.224 e. The summed E-state index contributed by atoms with van der Waals surface area (Å²) in [6, 6.07) is 13.3. The van der Waals surface area contributed by atoms with Crippen LogP contribution in [0.5, 0.6) is 5.75 Å². The Morgan fingerprint density at radius 3 is 2.91 bits per heavy atom. The Labute approximate surface area is 134 Å². The van der Waals surface area contributed by atoms with Crippen LogP contribution in [0.3, 0.4) is 0 Å². The Balaban J connectivity index is 1.63. The first kappa shape index (κ1) is 15.1. The summed E-state index contributed by atoms with van der Waals surface area (Å²) in [6.07, 6.45) is 0.285. The Morgan fingerprint density at radius 2 is 2.09 bits per heavy atom. The largest absolute Gasteiger partial charge is 0.496 e. The van der Waals surface area contributed by atoms with Crippen LogP contribution >= 0.6 is 0 Å². The van der Waals surface area contributed by atoms with Gasteiger partial charge in [-0.2, -0.15) is 0 Å². The van der Waals surface area contributed by atoms with Crippen molar-refractivity contribution in [1.29, 1.82) is 0 Å². The molecule has 23 heavy (non-hydrogen) atoms. The molecular formula is C18H18N2O3. The molecule has 0 aliphatic carbocycles. The van der Waals surface area contributed by atoms with Crippen molar-refractivity contribution in [3.8, 4) is 5.75 Å². The molecule has 0 aliphatic heterocycles. The minimum Gasteiger partial charge on any atom is -0.496 e. The zero-order chi connectivity index (χ0) is 16.2. The van der Waals surface area contributed by atoms with E-state index in [2.05, 4.69) is 10.3 Å². The normalized spacial score (nSPS) is 10.7. The van der Waals surface area contributed by atoms with Crippen molar-refractivity contribution in [2.75, 3.05) is 7.11 Å². The molecule has 1 amide bonds. The van der Waals surface area contributed by atoms with Gasteiger partial charge in [0.2, 0.25) is 5.91 Å². The zero-order valence-electron chi connectivity index (χ0n) is 13.1. The van der Waals surface area contributed by atoms with Gasteiger partial charge in [-0.15, -0.1) is 0 Å². The van der Waals surface area contributed by atoms with Gasteiger partial charge in [0, 0.05) is 19.0 Å². The summed E-state index contributed by atoms with van der Waals surface area (Å²) >= 11 is 0. The summed E-state index contributed by atoms with van der Waals surface area (Å²) in [5.74, 6) is 1.31. The van der Waals surface area contributed by atoms with E-state index in [0.29, 0.717) is 12.4 Å². The first-order valence-electron chi connectivity index (χ1n) is 7.40. The molecule has 118 valence electrons. The summed E-state index contributed by atoms with van der Waals surface area (Å²) in [7, 11) is 1.60. The average molecular weight is 310 g/mol. The molecule has 0 spiro atoms. The molecule has 0 saturated heterocycles. The monoisotopic (exact) mass is 310 g/mol. The second-order valence-electron chi connectivity index (χ2n) is 5.30. The number of carbonyl (C=O) groups excluding carboxylic acids is 1. The van der Waals surface area contributed by atoms with Gasteiger partial charge in [0.1, 0.15) is 11.3 Å². The van der Waals surface area contributed by atoms with Crippen LogP contribution in [0.2, 0.25) is 0 Å². The molecule has 5 heteroatoms. The first-order valence-corrected chi connectivity index (χ1v) is 7.40. The molecule has 0 atom stereocenters. The van der Waals surface area contributed by atoms with Gasteiger partial charge in [-0.25, -0.2) is 4.98 Å². The van der Waals surface area contributed by atoms with Crippen LogP contribution in [0.15, 0.2) is 46.9 Å². The van der Waals surface area contributed by atoms with Crippen LogP contribution in [0.4, 0.5) is 0 Å². The maximum atomic E-state index is 12.1. The summed E-state index contributed by atoms with van der Waals surface area (Å²) in [6.45, 7) is 2.26. The minimum atomic E-state index is -0.0525. The van der Waals surface area contributed by atoms with Crippen molar-refractivity contribution in [2.45, 2.75) is 19.9 Å². The number of nitrogens with zero attached hydrogens (tertiary/aromatic N) is 1. The summed E-state index contributed by atoms with van der Waals surface area (Å²) in [4.78, 5) is 16.4. The lowest BCUT2D eigenvalue weighted by Gasteiger charge is -2.09. The molecule has 0 unspecified atom stereocenters. The van der Waals surface area contributed by atoms with E-state index < -0.39 is 0 Å². The number of hydrogen-bond donors (Lipinski definition) is 1. The van der Waals surface area contributed by atoms with Crippen LogP contribution in [0.25, 0.3) is 11.1 Å². The van der Waals surface area contributed by atoms with E-state index in [1.165, 1.54) is 0 Å². The third kappa shape index (κ3) is 3.51. The molecule has 0 saturated carbocycles. The second-order valence-corrected chi connectivity index (χ2v) is 5.30. The van der Waals surface area contributed by atoms with E-state index in [1.54, 1.807) is 7.11 Å². The van der Waals surface area contributed by atoms with Crippen molar-refractivity contribution in [2.24, 2.45) is 0 Å². The van der Waals surface area contributed by atoms with Crippen LogP contribution in [0.1, 0.15) is 17.0 Å². The SMILES string of the molecule is COc1ccccc1CC(=O)NCc1ccc2nc(C)oc2c1. The van der Waals surface area contributed by atoms with E-state index in [4.69, 9.17) is 9.15 Å². The van der Waals surface area contributed by atoms with Gasteiger partial charge < -0.3 is 14.5 Å². The summed E-state index contributed by atoms with van der Waals surface area (Å²) < 4.78 is 10.8. The number of amides is 1. The highest BCUT2D eigenvalue weighted by Gasteiger charge is 2.09. The Kier molecular flexibility index (Phi) is 4.28. The number of oxazole rings is 1. The number of carbonyl (C=O) groups is 1. The van der Waals surface area contributed by atoms with Crippen molar-refractivity contribution in [1.82, 2.24) is 10.3 Å². The number of nitrogens with one attached hydrogen (secondary N) is 1. The third-order valence-electron chi connectivity index (χ3n) is 3.59. The zero-order valence-corrected chi connectivity index (χ0v) is 13.1. The maximum Gasteiger partial charge on any atom is 0.224 e. The first-order chi connectivity index (χ1) is 11.2. The number of para-hydroxylation sites is 1.